The van der Waals surface area contributed by atoms with E-state index in [0.717, 1.165) is 47.7 Å². The Morgan fingerprint density at radius 1 is 0.667 bits per heavy atom. The molecule has 2 heterocycles. The van der Waals surface area contributed by atoms with E-state index in [1.807, 2.05) is 36.7 Å². The Balaban J connectivity index is 0.000000171. The highest BCUT2D eigenvalue weighted by Crippen LogP contribution is 2.28. The van der Waals surface area contributed by atoms with Crippen molar-refractivity contribution in [3.63, 3.8) is 0 Å². The predicted molar refractivity (Wildman–Crippen MR) is 124 cm³/mol. The average Bonchev–Trinajstić information content (AvgIpc) is 3.31. The van der Waals surface area contributed by atoms with Crippen molar-refractivity contribution in [1.29, 1.82) is 0 Å². The average molecular weight is 409 g/mol. The summed E-state index contributed by atoms with van der Waals surface area (Å²) in [4.78, 5) is 10.6. The van der Waals surface area contributed by atoms with Gasteiger partial charge in [0, 0.05) is 47.3 Å². The number of phenols is 2. The van der Waals surface area contributed by atoms with E-state index in [4.69, 9.17) is 0 Å². The van der Waals surface area contributed by atoms with Crippen LogP contribution in [-0.4, -0.2) is 71.3 Å². The second-order valence-corrected chi connectivity index (χ2v) is 8.13. The first-order valence-electron chi connectivity index (χ1n) is 10.2. The number of hydrogen-bond acceptors (Lipinski definition) is 4. The molecular weight excluding hydrogens is 376 g/mol. The van der Waals surface area contributed by atoms with E-state index in [9.17, 15) is 10.2 Å². The zero-order chi connectivity index (χ0) is 21.7. The fraction of sp³-hybridized carbons (Fsp3) is 0.333. The molecule has 4 rings (SSSR count). The maximum absolute atomic E-state index is 9.77. The lowest BCUT2D eigenvalue weighted by atomic mass is 10.1. The number of aromatic hydroxyl groups is 2. The third kappa shape index (κ3) is 5.14. The SMILES string of the molecule is CN(C)CCc1c[nH]c2cccc(O)c12.CN(C)CCc1c[nH]c2cccc(O)c12. The van der Waals surface area contributed by atoms with Gasteiger partial charge >= 0.3 is 0 Å². The number of aromatic nitrogens is 2. The summed E-state index contributed by atoms with van der Waals surface area (Å²) in [5, 5.41) is 21.5. The Bertz CT molecular complexity index is 1010. The molecule has 0 fully saturated rings. The monoisotopic (exact) mass is 408 g/mol. The van der Waals surface area contributed by atoms with Crippen LogP contribution in [0.15, 0.2) is 48.8 Å². The van der Waals surface area contributed by atoms with Crippen LogP contribution in [0.5, 0.6) is 11.5 Å². The van der Waals surface area contributed by atoms with Gasteiger partial charge in [-0.3, -0.25) is 0 Å². The summed E-state index contributed by atoms with van der Waals surface area (Å²) < 4.78 is 0. The standard InChI is InChI=1S/2C12H16N2O/c2*1-14(2)7-6-9-8-13-10-4-3-5-11(15)12(9)10/h2*3-5,8,13,15H,6-7H2,1-2H3. The van der Waals surface area contributed by atoms with Crippen molar-refractivity contribution in [2.75, 3.05) is 41.3 Å². The Labute approximate surface area is 177 Å². The van der Waals surface area contributed by atoms with Crippen LogP contribution >= 0.6 is 0 Å². The molecule has 0 aliphatic rings. The van der Waals surface area contributed by atoms with Gasteiger partial charge in [0.05, 0.1) is 0 Å². The van der Waals surface area contributed by atoms with E-state index < -0.39 is 0 Å². The van der Waals surface area contributed by atoms with Gasteiger partial charge in [0.25, 0.3) is 0 Å². The smallest absolute Gasteiger partial charge is 0.125 e. The van der Waals surface area contributed by atoms with Crippen LogP contribution in [0.1, 0.15) is 11.1 Å². The fourth-order valence-corrected chi connectivity index (χ4v) is 3.55. The number of fused-ring (bicyclic) bond motifs is 2. The first-order chi connectivity index (χ1) is 14.4. The molecule has 0 amide bonds. The topological polar surface area (TPSA) is 78.5 Å². The summed E-state index contributed by atoms with van der Waals surface area (Å²) >= 11 is 0. The van der Waals surface area contributed by atoms with Gasteiger partial charge < -0.3 is 30.0 Å². The highest BCUT2D eigenvalue weighted by molar-refractivity contribution is 5.89. The van der Waals surface area contributed by atoms with Crippen molar-refractivity contribution in [1.82, 2.24) is 19.8 Å². The van der Waals surface area contributed by atoms with E-state index in [-0.39, 0.29) is 0 Å². The van der Waals surface area contributed by atoms with Gasteiger partial charge in [-0.1, -0.05) is 12.1 Å². The van der Waals surface area contributed by atoms with Gasteiger partial charge in [-0.2, -0.15) is 0 Å². The molecule has 2 aromatic heterocycles. The molecule has 6 nitrogen and oxygen atoms in total. The minimum absolute atomic E-state index is 0.363. The fourth-order valence-electron chi connectivity index (χ4n) is 3.55. The maximum atomic E-state index is 9.77. The van der Waals surface area contributed by atoms with Crippen LogP contribution in [0.4, 0.5) is 0 Å². The third-order valence-corrected chi connectivity index (χ3v) is 5.19. The lowest BCUT2D eigenvalue weighted by molar-refractivity contribution is 0.414. The number of nitrogens with one attached hydrogen (secondary N) is 2. The van der Waals surface area contributed by atoms with Gasteiger partial charge in [-0.25, -0.2) is 0 Å². The third-order valence-electron chi connectivity index (χ3n) is 5.19. The number of likely N-dealkylation sites (N-methyl/N-ethyl adjacent to an activating group) is 2. The molecule has 0 saturated heterocycles. The minimum Gasteiger partial charge on any atom is -0.507 e. The molecule has 0 saturated carbocycles. The Hall–Kier alpha value is -2.96. The van der Waals surface area contributed by atoms with Gasteiger partial charge in [0.15, 0.2) is 0 Å². The molecule has 0 aliphatic carbocycles. The van der Waals surface area contributed by atoms with Crippen LogP contribution in [0.3, 0.4) is 0 Å². The van der Waals surface area contributed by atoms with E-state index in [1.54, 1.807) is 12.1 Å². The van der Waals surface area contributed by atoms with Crippen LogP contribution in [-0.2, 0) is 12.8 Å². The summed E-state index contributed by atoms with van der Waals surface area (Å²) in [5.41, 5.74) is 4.36. The predicted octanol–water partition coefficient (Wildman–Crippen LogP) is 3.96. The van der Waals surface area contributed by atoms with Crippen molar-refractivity contribution < 1.29 is 10.2 Å². The first-order valence-corrected chi connectivity index (χ1v) is 10.2. The molecule has 4 aromatic rings. The highest BCUT2D eigenvalue weighted by Gasteiger charge is 2.08. The number of phenolic OH excluding ortho intramolecular Hbond substituents is 2. The van der Waals surface area contributed by atoms with Gasteiger partial charge in [-0.15, -0.1) is 0 Å². The van der Waals surface area contributed by atoms with E-state index in [2.05, 4.69) is 48.0 Å². The molecular formula is C24H32N4O2. The molecule has 160 valence electrons. The van der Waals surface area contributed by atoms with Crippen molar-refractivity contribution in [2.24, 2.45) is 0 Å². The van der Waals surface area contributed by atoms with Crippen LogP contribution < -0.4 is 0 Å². The van der Waals surface area contributed by atoms with E-state index in [1.165, 1.54) is 11.1 Å². The quantitative estimate of drug-likeness (QED) is 0.389. The number of hydrogen-bond donors (Lipinski definition) is 4. The minimum atomic E-state index is 0.363. The molecule has 6 heteroatoms. The summed E-state index contributed by atoms with van der Waals surface area (Å²) in [7, 11) is 8.20. The molecule has 0 bridgehead atoms. The second-order valence-electron chi connectivity index (χ2n) is 8.13. The van der Waals surface area contributed by atoms with Crippen molar-refractivity contribution in [2.45, 2.75) is 12.8 Å². The maximum Gasteiger partial charge on any atom is 0.125 e. The lowest BCUT2D eigenvalue weighted by Gasteiger charge is -2.08. The van der Waals surface area contributed by atoms with Crippen molar-refractivity contribution in [3.05, 3.63) is 59.9 Å². The number of rotatable bonds is 6. The normalized spacial score (nSPS) is 11.4. The number of nitrogens with zero attached hydrogens (tertiary/aromatic N) is 2. The second kappa shape index (κ2) is 9.69. The Morgan fingerprint density at radius 3 is 1.43 bits per heavy atom. The Kier molecular flexibility index (Phi) is 7.03. The summed E-state index contributed by atoms with van der Waals surface area (Å²) in [6, 6.07) is 11.1. The van der Waals surface area contributed by atoms with Crippen molar-refractivity contribution in [3.8, 4) is 11.5 Å². The van der Waals surface area contributed by atoms with Crippen LogP contribution in [0, 0.1) is 0 Å². The molecule has 0 unspecified atom stereocenters. The van der Waals surface area contributed by atoms with Crippen molar-refractivity contribution >= 4 is 21.8 Å². The van der Waals surface area contributed by atoms with Crippen LogP contribution in [0.2, 0.25) is 0 Å². The lowest BCUT2D eigenvalue weighted by Crippen LogP contribution is -2.14. The zero-order valence-corrected chi connectivity index (χ0v) is 18.2. The largest absolute Gasteiger partial charge is 0.507 e. The molecule has 30 heavy (non-hydrogen) atoms. The van der Waals surface area contributed by atoms with E-state index >= 15 is 0 Å². The number of benzene rings is 2. The zero-order valence-electron chi connectivity index (χ0n) is 18.2. The first kappa shape index (κ1) is 21.7. The summed E-state index contributed by atoms with van der Waals surface area (Å²) in [6.07, 6.45) is 5.86. The Morgan fingerprint density at radius 2 is 1.07 bits per heavy atom. The molecule has 0 radical (unpaired) electrons. The molecule has 4 N–H and O–H groups in total. The van der Waals surface area contributed by atoms with Gasteiger partial charge in [0.2, 0.25) is 0 Å². The number of aromatic amines is 2. The molecule has 0 aliphatic heterocycles. The van der Waals surface area contributed by atoms with E-state index in [0.29, 0.717) is 11.5 Å². The van der Waals surface area contributed by atoms with Gasteiger partial charge in [-0.05, 0) is 76.4 Å². The summed E-state index contributed by atoms with van der Waals surface area (Å²) in [6.45, 7) is 1.97. The van der Waals surface area contributed by atoms with Gasteiger partial charge in [0.1, 0.15) is 11.5 Å². The van der Waals surface area contributed by atoms with Crippen LogP contribution in [0.25, 0.3) is 21.8 Å². The number of H-pyrrole nitrogens is 2. The highest BCUT2D eigenvalue weighted by atomic mass is 16.3. The molecule has 2 aromatic carbocycles. The molecule has 0 spiro atoms. The summed E-state index contributed by atoms with van der Waals surface area (Å²) in [5.74, 6) is 0.727. The molecule has 0 atom stereocenters.